The second-order valence-electron chi connectivity index (χ2n) is 7.23. The van der Waals surface area contributed by atoms with Gasteiger partial charge in [0.15, 0.2) is 9.84 Å². The summed E-state index contributed by atoms with van der Waals surface area (Å²) in [5.41, 5.74) is 2.29. The fourth-order valence-corrected chi connectivity index (χ4v) is 5.06. The molecule has 0 aliphatic carbocycles. The van der Waals surface area contributed by atoms with Gasteiger partial charge in [-0.3, -0.25) is 4.79 Å². The van der Waals surface area contributed by atoms with Crippen LogP contribution in [0, 0.1) is 6.92 Å². The lowest BCUT2D eigenvalue weighted by Crippen LogP contribution is -2.34. The van der Waals surface area contributed by atoms with Crippen molar-refractivity contribution < 1.29 is 18.3 Å². The molecule has 1 amide bonds. The lowest BCUT2D eigenvalue weighted by atomic mass is 10.2. The number of anilines is 3. The number of aryl methyl sites for hydroxylation is 1. The summed E-state index contributed by atoms with van der Waals surface area (Å²) in [6.07, 6.45) is 0.0491. The number of aromatic hydroxyl groups is 1. The van der Waals surface area contributed by atoms with E-state index in [0.717, 1.165) is 11.3 Å². The largest absolute Gasteiger partial charge is 0.506 e. The van der Waals surface area contributed by atoms with Crippen LogP contribution in [0.2, 0.25) is 10.0 Å². The van der Waals surface area contributed by atoms with E-state index in [2.05, 4.69) is 10.6 Å². The van der Waals surface area contributed by atoms with Crippen LogP contribution in [0.1, 0.15) is 18.9 Å². The Morgan fingerprint density at radius 2 is 1.62 bits per heavy atom. The third-order valence-corrected chi connectivity index (χ3v) is 7.64. The van der Waals surface area contributed by atoms with E-state index < -0.39 is 21.0 Å². The molecule has 1 atom stereocenters. The first-order valence-corrected chi connectivity index (χ1v) is 12.1. The second kappa shape index (κ2) is 9.81. The van der Waals surface area contributed by atoms with Crippen LogP contribution < -0.4 is 10.6 Å². The molecule has 0 radical (unpaired) electrons. The maximum Gasteiger partial charge on any atom is 0.243 e. The highest BCUT2D eigenvalue weighted by molar-refractivity contribution is 7.92. The molecule has 0 aliphatic rings. The van der Waals surface area contributed by atoms with Crippen LogP contribution in [-0.2, 0) is 14.6 Å². The number of amides is 1. The Labute approximate surface area is 197 Å². The van der Waals surface area contributed by atoms with Gasteiger partial charge in [-0.15, -0.1) is 0 Å². The van der Waals surface area contributed by atoms with Crippen LogP contribution in [0.4, 0.5) is 17.1 Å². The molecule has 6 nitrogen and oxygen atoms in total. The van der Waals surface area contributed by atoms with Gasteiger partial charge in [0.05, 0.1) is 21.3 Å². The lowest BCUT2D eigenvalue weighted by Gasteiger charge is -2.18. The lowest BCUT2D eigenvalue weighted by molar-refractivity contribution is -0.115. The van der Waals surface area contributed by atoms with Gasteiger partial charge in [0.25, 0.3) is 0 Å². The first kappa shape index (κ1) is 23.9. The quantitative estimate of drug-likeness (QED) is 0.354. The summed E-state index contributed by atoms with van der Waals surface area (Å²) >= 11 is 12.1. The number of rotatable bonds is 7. The Kier molecular flexibility index (Phi) is 7.33. The number of phenolic OH excluding ortho intramolecular Hbond substituents is 1. The van der Waals surface area contributed by atoms with E-state index in [9.17, 15) is 18.3 Å². The van der Waals surface area contributed by atoms with E-state index in [0.29, 0.717) is 10.7 Å². The topological polar surface area (TPSA) is 95.5 Å². The summed E-state index contributed by atoms with van der Waals surface area (Å²) in [5.74, 6) is -0.901. The molecule has 1 unspecified atom stereocenters. The number of carbonyl (C=O) groups excluding carboxylic acids is 1. The van der Waals surface area contributed by atoms with Gasteiger partial charge in [-0.05, 0) is 55.8 Å². The average molecular weight is 493 g/mol. The molecule has 0 aromatic heterocycles. The molecular formula is C23H22Cl2N2O4S. The molecule has 0 saturated heterocycles. The molecule has 3 aromatic carbocycles. The summed E-state index contributed by atoms with van der Waals surface area (Å²) in [6.45, 7) is 3.57. The molecule has 0 spiro atoms. The molecule has 0 aliphatic heterocycles. The predicted octanol–water partition coefficient (Wildman–Crippen LogP) is 5.94. The van der Waals surface area contributed by atoms with Crippen molar-refractivity contribution in [2.45, 2.75) is 30.4 Å². The van der Waals surface area contributed by atoms with Gasteiger partial charge in [-0.25, -0.2) is 8.42 Å². The highest BCUT2D eigenvalue weighted by Crippen LogP contribution is 2.36. The minimum atomic E-state index is -3.95. The van der Waals surface area contributed by atoms with Crippen LogP contribution in [0.5, 0.6) is 5.75 Å². The van der Waals surface area contributed by atoms with Crippen molar-refractivity contribution in [1.82, 2.24) is 0 Å². The molecule has 0 heterocycles. The molecule has 0 fully saturated rings. The van der Waals surface area contributed by atoms with E-state index in [1.807, 2.05) is 31.2 Å². The molecular weight excluding hydrogens is 471 g/mol. The first-order valence-electron chi connectivity index (χ1n) is 9.78. The fraction of sp³-hybridized carbons (Fsp3) is 0.174. The molecule has 168 valence electrons. The number of benzene rings is 3. The minimum Gasteiger partial charge on any atom is -0.506 e. The molecule has 32 heavy (non-hydrogen) atoms. The Morgan fingerprint density at radius 3 is 2.22 bits per heavy atom. The maximum atomic E-state index is 12.9. The predicted molar refractivity (Wildman–Crippen MR) is 129 cm³/mol. The van der Waals surface area contributed by atoms with Crippen molar-refractivity contribution in [2.24, 2.45) is 0 Å². The van der Waals surface area contributed by atoms with Crippen LogP contribution in [0.25, 0.3) is 0 Å². The third kappa shape index (κ3) is 5.35. The summed E-state index contributed by atoms with van der Waals surface area (Å²) in [4.78, 5) is 12.8. The van der Waals surface area contributed by atoms with Crippen molar-refractivity contribution in [3.05, 3.63) is 76.3 Å². The summed E-state index contributed by atoms with van der Waals surface area (Å²) in [7, 11) is -3.95. The number of phenols is 1. The zero-order chi connectivity index (χ0) is 23.5. The number of hydrogen-bond acceptors (Lipinski definition) is 5. The molecule has 9 heteroatoms. The Hall–Kier alpha value is -2.74. The number of nitrogens with one attached hydrogen (secondary N) is 2. The summed E-state index contributed by atoms with van der Waals surface area (Å²) in [5, 5.41) is 15.2. The fourth-order valence-electron chi connectivity index (χ4n) is 3.10. The summed E-state index contributed by atoms with van der Waals surface area (Å²) < 4.78 is 25.9. The summed E-state index contributed by atoms with van der Waals surface area (Å²) in [6, 6.07) is 15.9. The number of carbonyl (C=O) groups is 1. The van der Waals surface area contributed by atoms with Crippen LogP contribution in [-0.4, -0.2) is 24.7 Å². The molecule has 3 aromatic rings. The van der Waals surface area contributed by atoms with E-state index in [4.69, 9.17) is 23.2 Å². The van der Waals surface area contributed by atoms with Crippen molar-refractivity contribution in [1.29, 1.82) is 0 Å². The SMILES string of the molecule is CCC(C(=O)Nc1cc(O)c(Nc2ccc(C)cc2)cc1Cl)S(=O)(=O)c1ccc(Cl)cc1. The number of sulfone groups is 1. The monoisotopic (exact) mass is 492 g/mol. The minimum absolute atomic E-state index is 0.00418. The van der Waals surface area contributed by atoms with Gasteiger partial charge in [-0.1, -0.05) is 47.8 Å². The van der Waals surface area contributed by atoms with Gasteiger partial charge < -0.3 is 15.7 Å². The van der Waals surface area contributed by atoms with Crippen molar-refractivity contribution in [3.8, 4) is 5.75 Å². The number of hydrogen-bond donors (Lipinski definition) is 3. The smallest absolute Gasteiger partial charge is 0.243 e. The van der Waals surface area contributed by atoms with Gasteiger partial charge in [0.2, 0.25) is 5.91 Å². The Bertz CT molecular complexity index is 1230. The highest BCUT2D eigenvalue weighted by atomic mass is 35.5. The number of halogens is 2. The van der Waals surface area contributed by atoms with Crippen LogP contribution in [0.15, 0.2) is 65.6 Å². The van der Waals surface area contributed by atoms with E-state index in [1.165, 1.54) is 36.4 Å². The zero-order valence-corrected chi connectivity index (χ0v) is 19.7. The normalized spacial score (nSPS) is 12.2. The van der Waals surface area contributed by atoms with Gasteiger partial charge in [0, 0.05) is 16.8 Å². The second-order valence-corrected chi connectivity index (χ2v) is 10.2. The molecule has 3 rings (SSSR count). The Balaban J connectivity index is 1.82. The first-order chi connectivity index (χ1) is 15.1. The standard InChI is InChI=1S/C23H22Cl2N2O4S/c1-3-22(32(30,31)17-10-6-15(24)7-11-17)23(29)27-19-13-21(28)20(12-18(19)25)26-16-8-4-14(2)5-9-16/h4-13,22,26,28H,3H2,1-2H3,(H,27,29). The third-order valence-electron chi connectivity index (χ3n) is 4.85. The van der Waals surface area contributed by atoms with Crippen molar-refractivity contribution >= 4 is 56.0 Å². The Morgan fingerprint density at radius 1 is 1.00 bits per heavy atom. The average Bonchev–Trinajstić information content (AvgIpc) is 2.74. The van der Waals surface area contributed by atoms with Crippen LogP contribution in [0.3, 0.4) is 0 Å². The van der Waals surface area contributed by atoms with Crippen molar-refractivity contribution in [2.75, 3.05) is 10.6 Å². The molecule has 0 bridgehead atoms. The highest BCUT2D eigenvalue weighted by Gasteiger charge is 2.33. The molecule has 3 N–H and O–H groups in total. The van der Waals surface area contributed by atoms with Gasteiger partial charge in [0.1, 0.15) is 11.0 Å². The van der Waals surface area contributed by atoms with E-state index in [-0.39, 0.29) is 27.8 Å². The van der Waals surface area contributed by atoms with Crippen LogP contribution >= 0.6 is 23.2 Å². The van der Waals surface area contributed by atoms with E-state index in [1.54, 1.807) is 6.92 Å². The van der Waals surface area contributed by atoms with Gasteiger partial charge >= 0.3 is 0 Å². The molecule has 0 saturated carbocycles. The van der Waals surface area contributed by atoms with Gasteiger partial charge in [-0.2, -0.15) is 0 Å². The van der Waals surface area contributed by atoms with E-state index >= 15 is 0 Å². The zero-order valence-electron chi connectivity index (χ0n) is 17.4. The maximum absolute atomic E-state index is 12.9. The van der Waals surface area contributed by atoms with Crippen molar-refractivity contribution in [3.63, 3.8) is 0 Å².